The Labute approximate surface area is 92.0 Å². The number of phenolic OH excluding ortho intramolecular Hbond substituents is 1. The lowest BCUT2D eigenvalue weighted by Crippen LogP contribution is -2.17. The molecule has 0 heterocycles. The SMILES string of the molecule is N#CCC(O)C(O)c1cccc(O)c1Cl. The fourth-order valence-electron chi connectivity index (χ4n) is 1.18. The molecule has 2 unspecified atom stereocenters. The number of benzene rings is 1. The lowest BCUT2D eigenvalue weighted by molar-refractivity contribution is 0.0216. The van der Waals surface area contributed by atoms with Crippen molar-refractivity contribution in [2.24, 2.45) is 0 Å². The van der Waals surface area contributed by atoms with Crippen LogP contribution in [-0.4, -0.2) is 21.4 Å². The molecule has 5 heteroatoms. The summed E-state index contributed by atoms with van der Waals surface area (Å²) in [6, 6.07) is 6.09. The molecular formula is C10H10ClNO3. The molecule has 1 aromatic rings. The van der Waals surface area contributed by atoms with Crippen LogP contribution in [0.2, 0.25) is 5.02 Å². The standard InChI is InChI=1S/C10H10ClNO3/c11-9-6(2-1-3-7(9)13)10(15)8(14)4-5-12/h1-3,8,10,13-15H,4H2. The van der Waals surface area contributed by atoms with Crippen LogP contribution in [0.25, 0.3) is 0 Å². The fourth-order valence-corrected chi connectivity index (χ4v) is 1.42. The van der Waals surface area contributed by atoms with E-state index in [1.54, 1.807) is 6.07 Å². The second kappa shape index (κ2) is 4.99. The summed E-state index contributed by atoms with van der Waals surface area (Å²) >= 11 is 5.73. The van der Waals surface area contributed by atoms with Crippen LogP contribution >= 0.6 is 11.6 Å². The first kappa shape index (κ1) is 11.8. The Kier molecular flexibility index (Phi) is 3.92. The second-order valence-corrected chi connectivity index (χ2v) is 3.43. The molecular weight excluding hydrogens is 218 g/mol. The summed E-state index contributed by atoms with van der Waals surface area (Å²) in [7, 11) is 0. The van der Waals surface area contributed by atoms with E-state index in [0.29, 0.717) is 0 Å². The Morgan fingerprint density at radius 2 is 2.07 bits per heavy atom. The number of halogens is 1. The van der Waals surface area contributed by atoms with Gasteiger partial charge in [0.1, 0.15) is 11.9 Å². The topological polar surface area (TPSA) is 84.5 Å². The number of aliphatic hydroxyl groups is 2. The zero-order valence-corrected chi connectivity index (χ0v) is 8.52. The maximum atomic E-state index is 9.63. The van der Waals surface area contributed by atoms with Crippen LogP contribution in [0.15, 0.2) is 18.2 Å². The first-order valence-corrected chi connectivity index (χ1v) is 4.66. The highest BCUT2D eigenvalue weighted by molar-refractivity contribution is 6.32. The number of nitriles is 1. The van der Waals surface area contributed by atoms with Gasteiger partial charge in [-0.1, -0.05) is 23.7 Å². The van der Waals surface area contributed by atoms with Crippen molar-refractivity contribution in [1.29, 1.82) is 5.26 Å². The Morgan fingerprint density at radius 1 is 1.40 bits per heavy atom. The zero-order chi connectivity index (χ0) is 11.4. The van der Waals surface area contributed by atoms with Gasteiger partial charge in [0.25, 0.3) is 0 Å². The molecule has 0 fully saturated rings. The van der Waals surface area contributed by atoms with Crippen LogP contribution in [0, 0.1) is 11.3 Å². The Balaban J connectivity index is 2.96. The zero-order valence-electron chi connectivity index (χ0n) is 7.76. The van der Waals surface area contributed by atoms with E-state index in [0.717, 1.165) is 0 Å². The molecule has 4 nitrogen and oxygen atoms in total. The number of hydrogen-bond acceptors (Lipinski definition) is 4. The molecule has 0 spiro atoms. The monoisotopic (exact) mass is 227 g/mol. The van der Waals surface area contributed by atoms with Gasteiger partial charge in [-0.15, -0.1) is 0 Å². The predicted molar refractivity (Wildman–Crippen MR) is 54.3 cm³/mol. The number of hydrogen-bond donors (Lipinski definition) is 3. The molecule has 1 rings (SSSR count). The van der Waals surface area contributed by atoms with Gasteiger partial charge in [0.2, 0.25) is 0 Å². The van der Waals surface area contributed by atoms with Crippen molar-refractivity contribution in [2.75, 3.05) is 0 Å². The molecule has 1 aromatic carbocycles. The van der Waals surface area contributed by atoms with Crippen molar-refractivity contribution < 1.29 is 15.3 Å². The van der Waals surface area contributed by atoms with Crippen LogP contribution in [0.4, 0.5) is 0 Å². The highest BCUT2D eigenvalue weighted by Gasteiger charge is 2.21. The van der Waals surface area contributed by atoms with Gasteiger partial charge < -0.3 is 15.3 Å². The van der Waals surface area contributed by atoms with Crippen LogP contribution < -0.4 is 0 Å². The lowest BCUT2D eigenvalue weighted by atomic mass is 10.0. The maximum absolute atomic E-state index is 9.63. The van der Waals surface area contributed by atoms with Crippen LogP contribution in [0.5, 0.6) is 5.75 Å². The van der Waals surface area contributed by atoms with Gasteiger partial charge in [-0.05, 0) is 6.07 Å². The molecule has 0 aliphatic heterocycles. The summed E-state index contributed by atoms with van der Waals surface area (Å²) in [6.45, 7) is 0. The van der Waals surface area contributed by atoms with E-state index in [4.69, 9.17) is 16.9 Å². The molecule has 3 N–H and O–H groups in total. The molecule has 0 aliphatic carbocycles. The first-order valence-electron chi connectivity index (χ1n) is 4.28. The Hall–Kier alpha value is -1.28. The van der Waals surface area contributed by atoms with E-state index >= 15 is 0 Å². The number of rotatable bonds is 3. The average molecular weight is 228 g/mol. The van der Waals surface area contributed by atoms with Crippen molar-refractivity contribution in [3.63, 3.8) is 0 Å². The molecule has 0 amide bonds. The van der Waals surface area contributed by atoms with Gasteiger partial charge in [0.05, 0.1) is 23.6 Å². The van der Waals surface area contributed by atoms with E-state index < -0.39 is 12.2 Å². The van der Waals surface area contributed by atoms with Gasteiger partial charge in [-0.3, -0.25) is 0 Å². The smallest absolute Gasteiger partial charge is 0.134 e. The molecule has 2 atom stereocenters. The highest BCUT2D eigenvalue weighted by atomic mass is 35.5. The minimum Gasteiger partial charge on any atom is -0.506 e. The summed E-state index contributed by atoms with van der Waals surface area (Å²) in [4.78, 5) is 0. The summed E-state index contributed by atoms with van der Waals surface area (Å²) in [5.74, 6) is -0.169. The van der Waals surface area contributed by atoms with Crippen molar-refractivity contribution in [2.45, 2.75) is 18.6 Å². The molecule has 15 heavy (non-hydrogen) atoms. The minimum absolute atomic E-state index is 0.0120. The number of phenols is 1. The Morgan fingerprint density at radius 3 is 2.67 bits per heavy atom. The van der Waals surface area contributed by atoms with E-state index in [-0.39, 0.29) is 22.8 Å². The van der Waals surface area contributed by atoms with Crippen molar-refractivity contribution >= 4 is 11.6 Å². The molecule has 0 saturated carbocycles. The van der Waals surface area contributed by atoms with Gasteiger partial charge >= 0.3 is 0 Å². The summed E-state index contributed by atoms with van der Waals surface area (Å²) in [5.41, 5.74) is 0.208. The summed E-state index contributed by atoms with van der Waals surface area (Å²) in [5, 5.41) is 36.6. The lowest BCUT2D eigenvalue weighted by Gasteiger charge is -2.17. The quantitative estimate of drug-likeness (QED) is 0.728. The minimum atomic E-state index is -1.27. The molecule has 0 bridgehead atoms. The van der Waals surface area contributed by atoms with Gasteiger partial charge in [0, 0.05) is 5.56 Å². The molecule has 0 aromatic heterocycles. The average Bonchev–Trinajstić information content (AvgIpc) is 2.21. The van der Waals surface area contributed by atoms with E-state index in [2.05, 4.69) is 0 Å². The Bertz CT molecular complexity index is 389. The molecule has 0 radical (unpaired) electrons. The first-order chi connectivity index (χ1) is 7.07. The fraction of sp³-hybridized carbons (Fsp3) is 0.300. The summed E-state index contributed by atoms with van der Waals surface area (Å²) in [6.07, 6.45) is -2.69. The van der Waals surface area contributed by atoms with Crippen molar-refractivity contribution in [1.82, 2.24) is 0 Å². The van der Waals surface area contributed by atoms with Gasteiger partial charge in [0.15, 0.2) is 0 Å². The number of nitrogens with zero attached hydrogens (tertiary/aromatic N) is 1. The van der Waals surface area contributed by atoms with Crippen molar-refractivity contribution in [3.05, 3.63) is 28.8 Å². The largest absolute Gasteiger partial charge is 0.506 e. The van der Waals surface area contributed by atoms with E-state index in [1.165, 1.54) is 18.2 Å². The van der Waals surface area contributed by atoms with Crippen LogP contribution in [0.1, 0.15) is 18.1 Å². The van der Waals surface area contributed by atoms with Crippen molar-refractivity contribution in [3.8, 4) is 11.8 Å². The third-order valence-electron chi connectivity index (χ3n) is 1.99. The predicted octanol–water partition coefficient (Wildman–Crippen LogP) is 1.35. The summed E-state index contributed by atoms with van der Waals surface area (Å²) < 4.78 is 0. The van der Waals surface area contributed by atoms with Gasteiger partial charge in [-0.2, -0.15) is 5.26 Å². The van der Waals surface area contributed by atoms with E-state index in [9.17, 15) is 15.3 Å². The molecule has 80 valence electrons. The molecule has 0 saturated heterocycles. The second-order valence-electron chi connectivity index (χ2n) is 3.05. The van der Waals surface area contributed by atoms with Crippen LogP contribution in [0.3, 0.4) is 0 Å². The molecule has 0 aliphatic rings. The highest BCUT2D eigenvalue weighted by Crippen LogP contribution is 2.32. The number of aromatic hydroxyl groups is 1. The van der Waals surface area contributed by atoms with Crippen LogP contribution in [-0.2, 0) is 0 Å². The van der Waals surface area contributed by atoms with Gasteiger partial charge in [-0.25, -0.2) is 0 Å². The normalized spacial score (nSPS) is 14.3. The van der Waals surface area contributed by atoms with E-state index in [1.807, 2.05) is 0 Å². The third kappa shape index (κ3) is 2.60. The third-order valence-corrected chi connectivity index (χ3v) is 2.40. The number of aliphatic hydroxyl groups excluding tert-OH is 2. The maximum Gasteiger partial charge on any atom is 0.134 e.